The molecule has 0 saturated carbocycles. The lowest BCUT2D eigenvalue weighted by atomic mass is 10.2. The van der Waals surface area contributed by atoms with E-state index in [-0.39, 0.29) is 22.6 Å². The maximum Gasteiger partial charge on any atom is 0.347 e. The second-order valence-electron chi connectivity index (χ2n) is 4.65. The molecule has 120 valence electrons. The third-order valence-corrected chi connectivity index (χ3v) is 4.21. The van der Waals surface area contributed by atoms with Gasteiger partial charge in [-0.05, 0) is 30.7 Å². The van der Waals surface area contributed by atoms with Crippen molar-refractivity contribution in [2.24, 2.45) is 0 Å². The number of nitrogens with one attached hydrogen (secondary N) is 1. The van der Waals surface area contributed by atoms with Crippen LogP contribution in [-0.2, 0) is 17.6 Å². The number of aromatic carboxylic acids is 2. The fourth-order valence-corrected chi connectivity index (χ4v) is 2.75. The lowest BCUT2D eigenvalue weighted by Gasteiger charge is -2.05. The predicted octanol–water partition coefficient (Wildman–Crippen LogP) is 2.28. The second-order valence-corrected chi connectivity index (χ2v) is 5.73. The summed E-state index contributed by atoms with van der Waals surface area (Å²) in [6, 6.07) is 5.69. The first-order valence-electron chi connectivity index (χ1n) is 6.75. The van der Waals surface area contributed by atoms with Gasteiger partial charge < -0.3 is 15.5 Å². The van der Waals surface area contributed by atoms with Crippen molar-refractivity contribution < 1.29 is 24.6 Å². The molecule has 2 rings (SSSR count). The van der Waals surface area contributed by atoms with Crippen LogP contribution >= 0.6 is 11.3 Å². The number of anilines is 1. The van der Waals surface area contributed by atoms with Crippen LogP contribution in [0.4, 0.5) is 5.69 Å². The number of carbonyl (C=O) groups is 3. The first-order valence-corrected chi connectivity index (χ1v) is 7.57. The van der Waals surface area contributed by atoms with Gasteiger partial charge in [-0.2, -0.15) is 0 Å². The average Bonchev–Trinajstić information content (AvgIpc) is 2.90. The van der Waals surface area contributed by atoms with Crippen molar-refractivity contribution in [2.75, 3.05) is 5.32 Å². The molecule has 1 aromatic heterocycles. The minimum absolute atomic E-state index is 0.0678. The van der Waals surface area contributed by atoms with Gasteiger partial charge in [0.15, 0.2) is 0 Å². The van der Waals surface area contributed by atoms with Gasteiger partial charge in [-0.25, -0.2) is 14.6 Å². The van der Waals surface area contributed by atoms with Gasteiger partial charge in [0.2, 0.25) is 5.91 Å². The monoisotopic (exact) mass is 334 g/mol. The maximum absolute atomic E-state index is 12.0. The van der Waals surface area contributed by atoms with Gasteiger partial charge in [0.05, 0.1) is 22.7 Å². The Morgan fingerprint density at radius 2 is 1.78 bits per heavy atom. The summed E-state index contributed by atoms with van der Waals surface area (Å²) in [5, 5.41) is 21.2. The minimum atomic E-state index is -1.10. The lowest BCUT2D eigenvalue weighted by Crippen LogP contribution is -2.16. The van der Waals surface area contributed by atoms with E-state index in [4.69, 9.17) is 10.2 Å². The number of thiazole rings is 1. The van der Waals surface area contributed by atoms with Crippen LogP contribution in [0.3, 0.4) is 0 Å². The van der Waals surface area contributed by atoms with Crippen LogP contribution in [0.5, 0.6) is 0 Å². The highest BCUT2D eigenvalue weighted by molar-refractivity contribution is 7.13. The molecule has 1 amide bonds. The van der Waals surface area contributed by atoms with Crippen molar-refractivity contribution in [3.05, 3.63) is 45.4 Å². The summed E-state index contributed by atoms with van der Waals surface area (Å²) in [6.45, 7) is 1.86. The Kier molecular flexibility index (Phi) is 5.07. The molecule has 0 radical (unpaired) electrons. The molecule has 0 fully saturated rings. The van der Waals surface area contributed by atoms with Crippen LogP contribution in [0.25, 0.3) is 0 Å². The normalized spacial score (nSPS) is 10.3. The summed E-state index contributed by atoms with van der Waals surface area (Å²) >= 11 is 1.07. The van der Waals surface area contributed by atoms with Gasteiger partial charge in [-0.1, -0.05) is 6.92 Å². The van der Waals surface area contributed by atoms with E-state index in [0.717, 1.165) is 11.3 Å². The zero-order valence-corrected chi connectivity index (χ0v) is 13.0. The summed E-state index contributed by atoms with van der Waals surface area (Å²) in [6.07, 6.45) is 0.446. The van der Waals surface area contributed by atoms with Crippen molar-refractivity contribution >= 4 is 34.9 Å². The number of hydrogen-bond acceptors (Lipinski definition) is 5. The van der Waals surface area contributed by atoms with Crippen LogP contribution in [-0.4, -0.2) is 33.0 Å². The summed E-state index contributed by atoms with van der Waals surface area (Å²) in [5.41, 5.74) is 0.782. The van der Waals surface area contributed by atoms with Gasteiger partial charge in [0.1, 0.15) is 4.88 Å². The van der Waals surface area contributed by atoms with E-state index >= 15 is 0 Å². The molecule has 0 bridgehead atoms. The van der Waals surface area contributed by atoms with Crippen LogP contribution < -0.4 is 5.32 Å². The Hall–Kier alpha value is -2.74. The van der Waals surface area contributed by atoms with Gasteiger partial charge >= 0.3 is 11.9 Å². The standard InChI is InChI=1S/C15H14N2O5S/c1-2-12-17-10(13(23-12)15(21)22)7-11(18)16-9-5-3-8(4-6-9)14(19)20/h3-6H,2,7H2,1H3,(H,16,18)(H,19,20)(H,21,22). The number of nitrogens with zero attached hydrogens (tertiary/aromatic N) is 1. The quantitative estimate of drug-likeness (QED) is 0.746. The molecule has 0 aliphatic heterocycles. The Morgan fingerprint density at radius 3 is 2.30 bits per heavy atom. The molecule has 0 spiro atoms. The zero-order chi connectivity index (χ0) is 17.0. The Morgan fingerprint density at radius 1 is 1.13 bits per heavy atom. The van der Waals surface area contributed by atoms with E-state index in [2.05, 4.69) is 10.3 Å². The topological polar surface area (TPSA) is 117 Å². The highest BCUT2D eigenvalue weighted by atomic mass is 32.1. The van der Waals surface area contributed by atoms with Crippen molar-refractivity contribution in [1.82, 2.24) is 4.98 Å². The molecule has 8 heteroatoms. The molecule has 0 aliphatic rings. The molecule has 0 atom stereocenters. The number of benzene rings is 1. The average molecular weight is 334 g/mol. The number of aromatic nitrogens is 1. The first kappa shape index (κ1) is 16.6. The van der Waals surface area contributed by atoms with Gasteiger partial charge in [0, 0.05) is 5.69 Å². The largest absolute Gasteiger partial charge is 0.478 e. The lowest BCUT2D eigenvalue weighted by molar-refractivity contribution is -0.115. The smallest absolute Gasteiger partial charge is 0.347 e. The molecule has 0 aliphatic carbocycles. The van der Waals surface area contributed by atoms with E-state index in [1.165, 1.54) is 24.3 Å². The molecule has 1 heterocycles. The summed E-state index contributed by atoms with van der Waals surface area (Å²) in [5.74, 6) is -2.57. The number of carbonyl (C=O) groups excluding carboxylic acids is 1. The first-order chi connectivity index (χ1) is 10.9. The van der Waals surface area contributed by atoms with Crippen molar-refractivity contribution in [3.8, 4) is 0 Å². The molecule has 0 saturated heterocycles. The molecular weight excluding hydrogens is 320 g/mol. The van der Waals surface area contributed by atoms with Crippen LogP contribution in [0.1, 0.15) is 37.7 Å². The van der Waals surface area contributed by atoms with Gasteiger partial charge in [-0.15, -0.1) is 11.3 Å². The summed E-state index contributed by atoms with van der Waals surface area (Å²) < 4.78 is 0. The number of hydrogen-bond donors (Lipinski definition) is 3. The molecule has 1 aromatic carbocycles. The third kappa shape index (κ3) is 4.13. The Labute approximate surface area is 135 Å². The fraction of sp³-hybridized carbons (Fsp3) is 0.200. The Bertz CT molecular complexity index is 752. The van der Waals surface area contributed by atoms with E-state index in [0.29, 0.717) is 17.1 Å². The number of carboxylic acids is 2. The fourth-order valence-electron chi connectivity index (χ4n) is 1.89. The van der Waals surface area contributed by atoms with E-state index in [9.17, 15) is 14.4 Å². The van der Waals surface area contributed by atoms with Gasteiger partial charge in [0.25, 0.3) is 0 Å². The van der Waals surface area contributed by atoms with Crippen molar-refractivity contribution in [3.63, 3.8) is 0 Å². The number of carboxylic acid groups (broad SMARTS) is 2. The van der Waals surface area contributed by atoms with Crippen LogP contribution in [0, 0.1) is 0 Å². The molecule has 0 unspecified atom stereocenters. The SMILES string of the molecule is CCc1nc(CC(=O)Nc2ccc(C(=O)O)cc2)c(C(=O)O)s1. The van der Waals surface area contributed by atoms with Crippen LogP contribution in [0.15, 0.2) is 24.3 Å². The molecule has 3 N–H and O–H groups in total. The number of rotatable bonds is 6. The zero-order valence-electron chi connectivity index (χ0n) is 12.2. The molecule has 7 nitrogen and oxygen atoms in total. The summed E-state index contributed by atoms with van der Waals surface area (Å²) in [4.78, 5) is 38.2. The minimum Gasteiger partial charge on any atom is -0.478 e. The van der Waals surface area contributed by atoms with Gasteiger partial charge in [-0.3, -0.25) is 4.79 Å². The maximum atomic E-state index is 12.0. The predicted molar refractivity (Wildman–Crippen MR) is 84.2 cm³/mol. The Balaban J connectivity index is 2.09. The van der Waals surface area contributed by atoms with E-state index < -0.39 is 17.8 Å². The highest BCUT2D eigenvalue weighted by Gasteiger charge is 2.19. The van der Waals surface area contributed by atoms with Crippen molar-refractivity contribution in [2.45, 2.75) is 19.8 Å². The van der Waals surface area contributed by atoms with E-state index in [1.807, 2.05) is 6.92 Å². The molecule has 2 aromatic rings. The number of aryl methyl sites for hydroxylation is 1. The van der Waals surface area contributed by atoms with Crippen molar-refractivity contribution in [1.29, 1.82) is 0 Å². The highest BCUT2D eigenvalue weighted by Crippen LogP contribution is 2.20. The number of amides is 1. The third-order valence-electron chi connectivity index (χ3n) is 2.98. The van der Waals surface area contributed by atoms with Crippen LogP contribution in [0.2, 0.25) is 0 Å². The molecule has 23 heavy (non-hydrogen) atoms. The summed E-state index contributed by atoms with van der Waals surface area (Å²) in [7, 11) is 0. The van der Waals surface area contributed by atoms with E-state index in [1.54, 1.807) is 0 Å². The second kappa shape index (κ2) is 7.01. The molecular formula is C15H14N2O5S.